The number of carbonyl (C=O) groups excluding carboxylic acids is 2. The number of thioether (sulfide) groups is 1. The number of unbranched alkanes of at least 4 members (excludes halogenated alkanes) is 3. The van der Waals surface area contributed by atoms with Crippen molar-refractivity contribution in [3.63, 3.8) is 0 Å². The van der Waals surface area contributed by atoms with Crippen molar-refractivity contribution < 1.29 is 19.1 Å². The third-order valence-corrected chi connectivity index (χ3v) is 5.30. The Hall–Kier alpha value is -1.49. The van der Waals surface area contributed by atoms with Crippen molar-refractivity contribution in [1.82, 2.24) is 0 Å². The summed E-state index contributed by atoms with van der Waals surface area (Å²) >= 11 is 1.56. The maximum Gasteiger partial charge on any atom is 0.324 e. The zero-order chi connectivity index (χ0) is 17.6. The third kappa shape index (κ3) is 5.26. The van der Waals surface area contributed by atoms with E-state index in [4.69, 9.17) is 9.47 Å². The summed E-state index contributed by atoms with van der Waals surface area (Å²) in [6, 6.07) is 9.85. The molecule has 0 amide bonds. The lowest BCUT2D eigenvalue weighted by molar-refractivity contribution is -0.239. The number of benzene rings is 1. The van der Waals surface area contributed by atoms with Crippen molar-refractivity contribution in [2.45, 2.75) is 68.8 Å². The second kappa shape index (κ2) is 8.56. The summed E-state index contributed by atoms with van der Waals surface area (Å²) in [6.07, 6.45) is 5.19. The van der Waals surface area contributed by atoms with Gasteiger partial charge in [-0.1, -0.05) is 50.8 Å². The fraction of sp³-hybridized carbons (Fsp3) is 0.579. The van der Waals surface area contributed by atoms with Crippen molar-refractivity contribution in [2.24, 2.45) is 5.92 Å². The molecule has 1 atom stereocenters. The highest BCUT2D eigenvalue weighted by Crippen LogP contribution is 2.36. The molecule has 0 radical (unpaired) electrons. The summed E-state index contributed by atoms with van der Waals surface area (Å²) in [7, 11) is 0. The van der Waals surface area contributed by atoms with E-state index in [0.717, 1.165) is 37.0 Å². The highest BCUT2D eigenvalue weighted by atomic mass is 32.2. The quantitative estimate of drug-likeness (QED) is 0.297. The van der Waals surface area contributed by atoms with Crippen LogP contribution >= 0.6 is 11.8 Å². The molecule has 1 heterocycles. The second-order valence-corrected chi connectivity index (χ2v) is 7.85. The molecule has 0 spiro atoms. The number of cyclic esters (lactones) is 2. The van der Waals surface area contributed by atoms with Crippen LogP contribution in [0, 0.1) is 5.92 Å². The molecule has 1 unspecified atom stereocenters. The van der Waals surface area contributed by atoms with Crippen LogP contribution in [0.25, 0.3) is 0 Å². The van der Waals surface area contributed by atoms with Crippen molar-refractivity contribution >= 4 is 23.7 Å². The average Bonchev–Trinajstić information content (AvgIpc) is 2.50. The highest BCUT2D eigenvalue weighted by molar-refractivity contribution is 8.00. The number of carbonyl (C=O) groups is 2. The van der Waals surface area contributed by atoms with Crippen LogP contribution in [0.1, 0.15) is 52.9 Å². The average molecular weight is 350 g/mol. The SMILES string of the molecule is CCCCCCC(Sc1ccccc1)C1C(=O)OC(C)(C)OC1=O. The van der Waals surface area contributed by atoms with Gasteiger partial charge in [-0.3, -0.25) is 9.59 Å². The molecule has 0 aromatic heterocycles. The van der Waals surface area contributed by atoms with Gasteiger partial charge in [0.1, 0.15) is 0 Å². The monoisotopic (exact) mass is 350 g/mol. The first-order valence-electron chi connectivity index (χ1n) is 8.60. The zero-order valence-corrected chi connectivity index (χ0v) is 15.4. The minimum atomic E-state index is -1.17. The summed E-state index contributed by atoms with van der Waals surface area (Å²) in [5.74, 6) is -2.97. The Kier molecular flexibility index (Phi) is 6.72. The number of hydrogen-bond acceptors (Lipinski definition) is 5. The lowest BCUT2D eigenvalue weighted by atomic mass is 9.98. The molecule has 1 aromatic rings. The molecule has 0 N–H and O–H groups in total. The molecule has 132 valence electrons. The van der Waals surface area contributed by atoms with Crippen molar-refractivity contribution in [1.29, 1.82) is 0 Å². The van der Waals surface area contributed by atoms with Crippen molar-refractivity contribution in [2.75, 3.05) is 0 Å². The van der Waals surface area contributed by atoms with E-state index in [9.17, 15) is 9.59 Å². The van der Waals surface area contributed by atoms with Crippen molar-refractivity contribution in [3.8, 4) is 0 Å². The standard InChI is InChI=1S/C19H26O4S/c1-4-5-6-10-13-15(24-14-11-8-7-9-12-14)16-17(20)22-19(2,3)23-18(16)21/h7-9,11-12,15-16H,4-6,10,13H2,1-3H3. The van der Waals surface area contributed by atoms with Crippen LogP contribution in [0.5, 0.6) is 0 Å². The van der Waals surface area contributed by atoms with Crippen LogP contribution in [-0.4, -0.2) is 23.0 Å². The van der Waals surface area contributed by atoms with Gasteiger partial charge in [0.15, 0.2) is 5.92 Å². The first-order chi connectivity index (χ1) is 11.4. The summed E-state index contributed by atoms with van der Waals surface area (Å²) in [4.78, 5) is 25.9. The van der Waals surface area contributed by atoms with Gasteiger partial charge < -0.3 is 9.47 Å². The van der Waals surface area contributed by atoms with Crippen LogP contribution in [-0.2, 0) is 19.1 Å². The number of hydrogen-bond donors (Lipinski definition) is 0. The van der Waals surface area contributed by atoms with E-state index >= 15 is 0 Å². The lowest BCUT2D eigenvalue weighted by Gasteiger charge is -2.35. The number of rotatable bonds is 8. The second-order valence-electron chi connectivity index (χ2n) is 6.54. The van der Waals surface area contributed by atoms with E-state index in [-0.39, 0.29) is 5.25 Å². The van der Waals surface area contributed by atoms with E-state index in [2.05, 4.69) is 6.92 Å². The molecule has 1 fully saturated rings. The fourth-order valence-corrected chi connectivity index (χ4v) is 4.08. The van der Waals surface area contributed by atoms with Crippen LogP contribution in [0.15, 0.2) is 35.2 Å². The Labute approximate surface area is 148 Å². The molecule has 1 aliphatic rings. The van der Waals surface area contributed by atoms with E-state index in [1.807, 2.05) is 30.3 Å². The molecule has 4 nitrogen and oxygen atoms in total. The Bertz CT molecular complexity index is 536. The van der Waals surface area contributed by atoms with E-state index in [1.165, 1.54) is 0 Å². The molecule has 0 aliphatic carbocycles. The first-order valence-corrected chi connectivity index (χ1v) is 9.48. The van der Waals surface area contributed by atoms with Gasteiger partial charge in [-0.05, 0) is 18.6 Å². The molecular weight excluding hydrogens is 324 g/mol. The molecule has 1 aliphatic heterocycles. The Morgan fingerprint density at radius 1 is 1.04 bits per heavy atom. The number of ether oxygens (including phenoxy) is 2. The molecule has 2 rings (SSSR count). The summed E-state index contributed by atoms with van der Waals surface area (Å²) in [5, 5.41) is -0.166. The molecule has 1 aromatic carbocycles. The van der Waals surface area contributed by atoms with Crippen molar-refractivity contribution in [3.05, 3.63) is 30.3 Å². The highest BCUT2D eigenvalue weighted by Gasteiger charge is 2.47. The van der Waals surface area contributed by atoms with Gasteiger partial charge in [-0.15, -0.1) is 11.8 Å². The van der Waals surface area contributed by atoms with E-state index in [1.54, 1.807) is 25.6 Å². The van der Waals surface area contributed by atoms with E-state index in [0.29, 0.717) is 0 Å². The van der Waals surface area contributed by atoms with E-state index < -0.39 is 23.6 Å². The molecule has 24 heavy (non-hydrogen) atoms. The van der Waals surface area contributed by atoms with Crippen LogP contribution < -0.4 is 0 Å². The van der Waals surface area contributed by atoms with Crippen LogP contribution in [0.3, 0.4) is 0 Å². The van der Waals surface area contributed by atoms with Crippen LogP contribution in [0.4, 0.5) is 0 Å². The van der Waals surface area contributed by atoms with Gasteiger partial charge in [0.05, 0.1) is 0 Å². The largest absolute Gasteiger partial charge is 0.422 e. The minimum absolute atomic E-state index is 0.166. The summed E-state index contributed by atoms with van der Waals surface area (Å²) < 4.78 is 10.6. The van der Waals surface area contributed by atoms with Gasteiger partial charge in [0, 0.05) is 24.0 Å². The predicted molar refractivity (Wildman–Crippen MR) is 94.6 cm³/mol. The molecule has 5 heteroatoms. The van der Waals surface area contributed by atoms with Gasteiger partial charge in [0.25, 0.3) is 5.79 Å². The molecule has 0 bridgehead atoms. The van der Waals surface area contributed by atoms with Gasteiger partial charge in [-0.25, -0.2) is 0 Å². The summed E-state index contributed by atoms with van der Waals surface area (Å²) in [5.41, 5.74) is 0. The Morgan fingerprint density at radius 2 is 1.67 bits per heavy atom. The smallest absolute Gasteiger partial charge is 0.324 e. The third-order valence-electron chi connectivity index (χ3n) is 3.95. The Morgan fingerprint density at radius 3 is 2.25 bits per heavy atom. The molecule has 1 saturated heterocycles. The first kappa shape index (κ1) is 18.8. The normalized spacial score (nSPS) is 18.8. The lowest BCUT2D eigenvalue weighted by Crippen LogP contribution is -2.49. The van der Waals surface area contributed by atoms with Gasteiger partial charge in [0.2, 0.25) is 0 Å². The Balaban J connectivity index is 2.11. The molecule has 0 saturated carbocycles. The van der Waals surface area contributed by atoms with Crippen LogP contribution in [0.2, 0.25) is 0 Å². The fourth-order valence-electron chi connectivity index (χ4n) is 2.77. The topological polar surface area (TPSA) is 52.6 Å². The summed E-state index contributed by atoms with van der Waals surface area (Å²) in [6.45, 7) is 5.33. The zero-order valence-electron chi connectivity index (χ0n) is 14.6. The molecular formula is C19H26O4S. The van der Waals surface area contributed by atoms with Gasteiger partial charge >= 0.3 is 11.9 Å². The maximum atomic E-state index is 12.4. The maximum absolute atomic E-state index is 12.4. The minimum Gasteiger partial charge on any atom is -0.422 e. The number of esters is 2. The van der Waals surface area contributed by atoms with Gasteiger partial charge in [-0.2, -0.15) is 0 Å². The predicted octanol–water partition coefficient (Wildman–Crippen LogP) is 4.57.